The Morgan fingerprint density at radius 1 is 0.321 bits per heavy atom. The third-order valence-corrected chi connectivity index (χ3v) is 13.1. The summed E-state index contributed by atoms with van der Waals surface area (Å²) in [5, 5.41) is 59.8. The minimum atomic E-state index is -5.08. The van der Waals surface area contributed by atoms with Crippen molar-refractivity contribution in [3.8, 4) is 45.6 Å². The maximum absolute atomic E-state index is 10.6. The number of carboxylic acid groups (broad SMARTS) is 4. The molecule has 8 bridgehead atoms. The van der Waals surface area contributed by atoms with Crippen molar-refractivity contribution in [1.29, 1.82) is 0 Å². The van der Waals surface area contributed by atoms with E-state index in [1.807, 2.05) is 48.5 Å². The van der Waals surface area contributed by atoms with Gasteiger partial charge in [0.1, 0.15) is 22.6 Å². The van der Waals surface area contributed by atoms with Crippen LogP contribution in [0.4, 0.5) is 75.4 Å². The number of aromatic amines is 2. The van der Waals surface area contributed by atoms with E-state index in [2.05, 4.69) is 188 Å². The monoisotopic (exact) mass is 1600 g/mol. The minimum Gasteiger partial charge on any atom is -0.475 e. The average molecular weight is 1600 g/mol. The molecule has 4 aromatic carbocycles. The van der Waals surface area contributed by atoms with Crippen LogP contribution in [0, 0.1) is 0 Å². The van der Waals surface area contributed by atoms with Gasteiger partial charge in [0, 0.05) is 115 Å². The van der Waals surface area contributed by atoms with Crippen LogP contribution in [0.25, 0.3) is 89.7 Å². The second-order valence-corrected chi connectivity index (χ2v) is 25.8. The zero-order chi connectivity index (χ0) is 81.4. The Morgan fingerprint density at radius 3 is 0.734 bits per heavy atom. The number of hydrogen-bond acceptors (Lipinski definition) is 14. The average Bonchev–Trinajstić information content (AvgIpc) is 1.60. The number of nitrogens with zero attached hydrogens (tertiary/aromatic N) is 10. The number of fused-ring (bicyclic) bond motifs is 20. The first kappa shape index (κ1) is 90.4. The van der Waals surface area contributed by atoms with Crippen LogP contribution in [0.2, 0.25) is 0 Å². The summed E-state index contributed by atoms with van der Waals surface area (Å²) in [7, 11) is 0. The van der Waals surface area contributed by atoms with Gasteiger partial charge >= 0.3 is 68.1 Å². The largest absolute Gasteiger partial charge is 2.00 e. The van der Waals surface area contributed by atoms with Crippen LogP contribution in [-0.4, -0.2) is 181 Å². The fraction of sp³-hybridized carbons (Fsp3) is 0.412. The molecule has 0 saturated carbocycles. The number of carboxylic acids is 4. The van der Waals surface area contributed by atoms with Crippen LogP contribution in [0.15, 0.2) is 92.8 Å². The van der Waals surface area contributed by atoms with Gasteiger partial charge in [0.05, 0.1) is 0 Å². The third-order valence-electron chi connectivity index (χ3n) is 13.1. The van der Waals surface area contributed by atoms with Gasteiger partial charge in [-0.2, -0.15) is 52.7 Å². The van der Waals surface area contributed by atoms with E-state index in [0.29, 0.717) is 69.7 Å². The van der Waals surface area contributed by atoms with E-state index in [4.69, 9.17) is 89.5 Å². The Kier molecular flexibility index (Phi) is 31.7. The molecule has 0 aliphatic carbocycles. The Labute approximate surface area is 628 Å². The molecule has 0 unspecified atom stereocenters. The first-order chi connectivity index (χ1) is 49.9. The summed E-state index contributed by atoms with van der Waals surface area (Å²) in [6, 6.07) is 25.3. The topological polar surface area (TPSA) is 404 Å². The van der Waals surface area contributed by atoms with Crippen LogP contribution in [0.5, 0.6) is 0 Å². The van der Waals surface area contributed by atoms with Crippen LogP contribution >= 0.6 is 0 Å². The van der Waals surface area contributed by atoms with Crippen molar-refractivity contribution in [2.24, 2.45) is 20.0 Å². The van der Waals surface area contributed by atoms with E-state index in [9.17, 15) is 52.7 Å². The molecule has 2 aliphatic heterocycles. The number of benzene rings is 4. The summed E-state index contributed by atoms with van der Waals surface area (Å²) >= 11 is 0. The van der Waals surface area contributed by atoms with Gasteiger partial charge in [0.25, 0.3) is 0 Å². The van der Waals surface area contributed by atoms with Crippen LogP contribution in [0.1, 0.15) is 111 Å². The maximum Gasteiger partial charge on any atom is 2.00 e. The number of nitrogens with one attached hydrogen (secondary N) is 10. The molecule has 2 aliphatic rings. The summed E-state index contributed by atoms with van der Waals surface area (Å²) in [5.41, 5.74) is 8.59. The third kappa shape index (κ3) is 27.9. The number of aliphatic imine (C=N–C) groups is 4. The van der Waals surface area contributed by atoms with E-state index in [1.54, 1.807) is 0 Å². The minimum absolute atomic E-state index is 0. The van der Waals surface area contributed by atoms with Crippen LogP contribution in [0.3, 0.4) is 0 Å². The van der Waals surface area contributed by atoms with E-state index < -0.39 is 48.6 Å². The standard InChI is InChI=1S/C60H78N20.4C2HF3O2.Zn/c1-29(2)61-57(62-30(3)4)69-37-17-21-41-45(25-37)53-73-49(41)78-54-47-27-39(71-59(65-33(9)10)66-34(11)12)19-23-43(47)51(75-54)80-56-48-28-40(72-60(67-35(13)14)68-36(15)16)20-24-44(48)52(76-56)79-55-46-26-38(18-22-42(46)50(74-55)77-53)70-58(63-31(5)6)64-32(7)8;4*3-2(4,5)1(6)7;/h17-36H,1-16H3,(H2,61,62,69)(H2,63,64,70)(H2,65,66,71)(H2,67,68,72)(H2,73,74,75,76,77,78,79,80);4*(H,6,7);/q;;;;;+2. The van der Waals surface area contributed by atoms with E-state index in [0.717, 1.165) is 66.5 Å². The van der Waals surface area contributed by atoms with Gasteiger partial charge in [0.15, 0.2) is 47.1 Å². The molecular formula is C68H82F12N20O8Zn+2. The van der Waals surface area contributed by atoms with Crippen molar-refractivity contribution < 1.29 is 112 Å². The molecule has 0 saturated heterocycles. The molecule has 0 fully saturated rings. The molecule has 0 amide bonds. The Balaban J connectivity index is 0.000000732. The summed E-state index contributed by atoms with van der Waals surface area (Å²) in [4.78, 5) is 94.4. The zero-order valence-electron chi connectivity index (χ0n) is 61.7. The second-order valence-electron chi connectivity index (χ2n) is 25.8. The second kappa shape index (κ2) is 38.2. The number of aliphatic carboxylic acids is 4. The van der Waals surface area contributed by atoms with Gasteiger partial charge in [-0.05, 0) is 184 Å². The number of rotatable bonds is 12. The smallest absolute Gasteiger partial charge is 0.475 e. The molecule has 0 spiro atoms. The van der Waals surface area contributed by atoms with Crippen molar-refractivity contribution in [2.45, 2.75) is 184 Å². The van der Waals surface area contributed by atoms with Gasteiger partial charge in [0.2, 0.25) is 0 Å². The number of guanidine groups is 4. The number of alkyl halides is 12. The molecule has 109 heavy (non-hydrogen) atoms. The molecule has 7 aromatic rings. The van der Waals surface area contributed by atoms with Crippen molar-refractivity contribution in [3.05, 3.63) is 72.8 Å². The first-order valence-electron chi connectivity index (χ1n) is 32.9. The molecule has 28 nitrogen and oxygen atoms in total. The van der Waals surface area contributed by atoms with E-state index in [-0.39, 0.29) is 67.8 Å². The number of H-pyrrole nitrogens is 2. The van der Waals surface area contributed by atoms with Crippen LogP contribution in [-0.2, 0) is 38.7 Å². The number of halogens is 12. The SMILES string of the molecule is CC(C)N=C(Nc1ccc2c(c1)-c1nc-2nc2[nH]c(nc3nc(nc4[nH]c(n1)c1ccc(NC(=NC(C)C)NC(C)C)cc41)-c1ccc(NC(=NC(C)C)NC(C)C)cc1-3)c1ccc(NC(=NC(C)C)NC(C)C)cc21)NC(C)C.O=C(O)C(F)(F)F.O=C(O)C(F)(F)F.O=C(O)C(F)(F)F.O=C(O)C(F)(F)F.[Zn+2]. The van der Waals surface area contributed by atoms with Crippen LogP contribution < -0.4 is 42.5 Å². The van der Waals surface area contributed by atoms with Crippen molar-refractivity contribution in [1.82, 2.24) is 61.1 Å². The number of carbonyl (C=O) groups is 4. The number of hydrogen-bond donors (Lipinski definition) is 14. The van der Waals surface area contributed by atoms with Gasteiger partial charge in [-0.1, -0.05) is 0 Å². The Bertz CT molecular complexity index is 4350. The first-order valence-corrected chi connectivity index (χ1v) is 32.9. The van der Waals surface area contributed by atoms with Gasteiger partial charge in [-0.25, -0.2) is 49.1 Å². The molecule has 5 heterocycles. The van der Waals surface area contributed by atoms with E-state index in [1.165, 1.54) is 0 Å². The normalized spacial score (nSPS) is 12.6. The molecule has 586 valence electrons. The fourth-order valence-electron chi connectivity index (χ4n) is 9.20. The summed E-state index contributed by atoms with van der Waals surface area (Å²) in [5.74, 6) is -6.50. The molecule has 0 radical (unpaired) electrons. The molecule has 9 rings (SSSR count). The van der Waals surface area contributed by atoms with Gasteiger partial charge in [-0.15, -0.1) is 0 Å². The molecule has 0 atom stereocenters. The Morgan fingerprint density at radius 2 is 0.523 bits per heavy atom. The quantitative estimate of drug-likeness (QED) is 0.0234. The zero-order valence-corrected chi connectivity index (χ0v) is 64.7. The van der Waals surface area contributed by atoms with Gasteiger partial charge < -0.3 is 72.9 Å². The van der Waals surface area contributed by atoms with E-state index >= 15 is 0 Å². The molecular weight excluding hydrogens is 1520 g/mol. The van der Waals surface area contributed by atoms with Gasteiger partial charge in [-0.3, -0.25) is 20.0 Å². The number of anilines is 4. The summed E-state index contributed by atoms with van der Waals surface area (Å²) in [6.45, 7) is 33.2. The summed E-state index contributed by atoms with van der Waals surface area (Å²) < 4.78 is 127. The molecule has 3 aromatic heterocycles. The van der Waals surface area contributed by atoms with Crippen molar-refractivity contribution in [2.75, 3.05) is 21.3 Å². The Hall–Kier alpha value is -11.0. The predicted molar refractivity (Wildman–Crippen MR) is 389 cm³/mol. The molecule has 41 heteroatoms. The molecule has 14 N–H and O–H groups in total. The van der Waals surface area contributed by atoms with Crippen molar-refractivity contribution >= 4 is 115 Å². The fourth-order valence-corrected chi connectivity index (χ4v) is 9.20. The summed E-state index contributed by atoms with van der Waals surface area (Å²) in [6.07, 6.45) is -20.3. The van der Waals surface area contributed by atoms with Crippen molar-refractivity contribution in [3.63, 3.8) is 0 Å². The maximum atomic E-state index is 10.6. The predicted octanol–water partition coefficient (Wildman–Crippen LogP) is 14.1. The number of aromatic nitrogens is 8.